The average Bonchev–Trinajstić information content (AvgIpc) is 2.03. The van der Waals surface area contributed by atoms with Gasteiger partial charge in [0.15, 0.2) is 0 Å². The highest BCUT2D eigenvalue weighted by molar-refractivity contribution is 6.21. The van der Waals surface area contributed by atoms with Gasteiger partial charge < -0.3 is 0 Å². The fourth-order valence-corrected chi connectivity index (χ4v) is 3.03. The smallest absolute Gasteiger partial charge is 0.0389 e. The number of rotatable bonds is 2. The highest BCUT2D eigenvalue weighted by atomic mass is 35.5. The minimum absolute atomic E-state index is 0.391. The third-order valence-electron chi connectivity index (χ3n) is 3.54. The van der Waals surface area contributed by atoms with E-state index in [9.17, 15) is 0 Å². The van der Waals surface area contributed by atoms with Crippen LogP contribution < -0.4 is 0 Å². The zero-order valence-electron chi connectivity index (χ0n) is 9.39. The molecule has 1 heteroatoms. The van der Waals surface area contributed by atoms with Crippen molar-refractivity contribution in [3.63, 3.8) is 0 Å². The van der Waals surface area contributed by atoms with Gasteiger partial charge in [-0.25, -0.2) is 0 Å². The SMILES string of the molecule is CC1CCC(C(Cl)C(C)C)C(C)C1. The normalized spacial score (nSPS) is 37.8. The van der Waals surface area contributed by atoms with Gasteiger partial charge in [0.05, 0.1) is 0 Å². The molecule has 1 rings (SSSR count). The van der Waals surface area contributed by atoms with Gasteiger partial charge in [0.1, 0.15) is 0 Å². The minimum Gasteiger partial charge on any atom is -0.122 e. The first-order valence-corrected chi connectivity index (χ1v) is 6.10. The summed E-state index contributed by atoms with van der Waals surface area (Å²) < 4.78 is 0. The number of halogens is 1. The van der Waals surface area contributed by atoms with Crippen LogP contribution >= 0.6 is 11.6 Å². The van der Waals surface area contributed by atoms with Gasteiger partial charge in [-0.2, -0.15) is 0 Å². The van der Waals surface area contributed by atoms with Gasteiger partial charge in [0.2, 0.25) is 0 Å². The lowest BCUT2D eigenvalue weighted by Crippen LogP contribution is -2.31. The molecule has 1 aliphatic carbocycles. The molecular formula is C12H23Cl. The number of alkyl halides is 1. The Morgan fingerprint density at radius 2 is 1.77 bits per heavy atom. The van der Waals surface area contributed by atoms with Crippen LogP contribution in [0.4, 0.5) is 0 Å². The molecule has 0 aromatic carbocycles. The Morgan fingerprint density at radius 3 is 2.23 bits per heavy atom. The van der Waals surface area contributed by atoms with Crippen LogP contribution in [0.5, 0.6) is 0 Å². The third-order valence-corrected chi connectivity index (χ3v) is 4.37. The second kappa shape index (κ2) is 4.68. The summed E-state index contributed by atoms with van der Waals surface area (Å²) in [5, 5.41) is 0.391. The molecule has 0 spiro atoms. The van der Waals surface area contributed by atoms with Crippen molar-refractivity contribution in [2.24, 2.45) is 23.7 Å². The second-order valence-corrected chi connectivity index (χ2v) is 5.75. The maximum atomic E-state index is 6.44. The standard InChI is InChI=1S/C12H23Cl/c1-8(2)12(13)11-6-5-9(3)7-10(11)4/h8-12H,5-7H2,1-4H3. The van der Waals surface area contributed by atoms with E-state index in [1.165, 1.54) is 19.3 Å². The van der Waals surface area contributed by atoms with Crippen LogP contribution in [0.3, 0.4) is 0 Å². The summed E-state index contributed by atoms with van der Waals surface area (Å²) >= 11 is 6.44. The van der Waals surface area contributed by atoms with Crippen molar-refractivity contribution < 1.29 is 0 Å². The molecule has 0 aliphatic heterocycles. The lowest BCUT2D eigenvalue weighted by molar-refractivity contribution is 0.183. The van der Waals surface area contributed by atoms with Crippen molar-refractivity contribution in [2.45, 2.75) is 52.3 Å². The summed E-state index contributed by atoms with van der Waals surface area (Å²) in [6, 6.07) is 0. The molecule has 78 valence electrons. The molecule has 0 N–H and O–H groups in total. The fraction of sp³-hybridized carbons (Fsp3) is 1.00. The zero-order chi connectivity index (χ0) is 10.0. The highest BCUT2D eigenvalue weighted by Gasteiger charge is 2.31. The van der Waals surface area contributed by atoms with Crippen LogP contribution in [0.15, 0.2) is 0 Å². The number of hydrogen-bond donors (Lipinski definition) is 0. The molecule has 1 fully saturated rings. The lowest BCUT2D eigenvalue weighted by Gasteiger charge is -2.36. The summed E-state index contributed by atoms with van der Waals surface area (Å²) in [7, 11) is 0. The Kier molecular flexibility index (Phi) is 4.09. The molecule has 0 aromatic heterocycles. The Labute approximate surface area is 88.1 Å². The first-order valence-electron chi connectivity index (χ1n) is 5.66. The molecule has 1 saturated carbocycles. The van der Waals surface area contributed by atoms with E-state index >= 15 is 0 Å². The first kappa shape index (κ1) is 11.4. The van der Waals surface area contributed by atoms with E-state index in [1.807, 2.05) is 0 Å². The van der Waals surface area contributed by atoms with Crippen molar-refractivity contribution in [1.82, 2.24) is 0 Å². The predicted molar refractivity (Wildman–Crippen MR) is 60.1 cm³/mol. The Balaban J connectivity index is 2.50. The third kappa shape index (κ3) is 2.87. The molecule has 0 amide bonds. The van der Waals surface area contributed by atoms with Crippen LogP contribution in [0, 0.1) is 23.7 Å². The van der Waals surface area contributed by atoms with E-state index in [4.69, 9.17) is 11.6 Å². The van der Waals surface area contributed by atoms with Gasteiger partial charge in [-0.05, 0) is 36.5 Å². The Bertz CT molecular complexity index is 153. The molecule has 13 heavy (non-hydrogen) atoms. The predicted octanol–water partition coefficient (Wildman–Crippen LogP) is 4.32. The molecule has 0 bridgehead atoms. The van der Waals surface area contributed by atoms with Gasteiger partial charge in [0, 0.05) is 5.38 Å². The minimum atomic E-state index is 0.391. The van der Waals surface area contributed by atoms with Gasteiger partial charge in [-0.15, -0.1) is 11.6 Å². The van der Waals surface area contributed by atoms with Gasteiger partial charge in [0.25, 0.3) is 0 Å². The van der Waals surface area contributed by atoms with E-state index in [0.29, 0.717) is 11.3 Å². The Morgan fingerprint density at radius 1 is 1.15 bits per heavy atom. The highest BCUT2D eigenvalue weighted by Crippen LogP contribution is 2.39. The lowest BCUT2D eigenvalue weighted by atomic mass is 9.72. The molecule has 0 heterocycles. The van der Waals surface area contributed by atoms with E-state index in [1.54, 1.807) is 0 Å². The summed E-state index contributed by atoms with van der Waals surface area (Å²) in [4.78, 5) is 0. The molecule has 4 atom stereocenters. The van der Waals surface area contributed by atoms with Crippen LogP contribution in [0.1, 0.15) is 47.0 Å². The largest absolute Gasteiger partial charge is 0.122 e. The quantitative estimate of drug-likeness (QED) is 0.585. The molecule has 0 radical (unpaired) electrons. The molecule has 0 aromatic rings. The fourth-order valence-electron chi connectivity index (χ4n) is 2.66. The summed E-state index contributed by atoms with van der Waals surface area (Å²) in [5.41, 5.74) is 0. The van der Waals surface area contributed by atoms with E-state index in [-0.39, 0.29) is 0 Å². The summed E-state index contributed by atoms with van der Waals surface area (Å²) in [5.74, 6) is 3.14. The van der Waals surface area contributed by atoms with Crippen LogP contribution in [-0.2, 0) is 0 Å². The second-order valence-electron chi connectivity index (χ2n) is 5.25. The van der Waals surface area contributed by atoms with Crippen LogP contribution in [0.2, 0.25) is 0 Å². The summed E-state index contributed by atoms with van der Waals surface area (Å²) in [6.07, 6.45) is 4.10. The Hall–Kier alpha value is 0.290. The van der Waals surface area contributed by atoms with Crippen molar-refractivity contribution in [1.29, 1.82) is 0 Å². The van der Waals surface area contributed by atoms with Gasteiger partial charge in [-0.3, -0.25) is 0 Å². The first-order chi connectivity index (χ1) is 6.02. The van der Waals surface area contributed by atoms with E-state index < -0.39 is 0 Å². The molecule has 4 unspecified atom stereocenters. The van der Waals surface area contributed by atoms with Crippen molar-refractivity contribution in [3.8, 4) is 0 Å². The van der Waals surface area contributed by atoms with E-state index in [0.717, 1.165) is 17.8 Å². The molecular weight excluding hydrogens is 180 g/mol. The molecule has 1 aliphatic rings. The van der Waals surface area contributed by atoms with Crippen molar-refractivity contribution in [2.75, 3.05) is 0 Å². The maximum absolute atomic E-state index is 6.44. The maximum Gasteiger partial charge on any atom is 0.0389 e. The van der Waals surface area contributed by atoms with Crippen LogP contribution in [0.25, 0.3) is 0 Å². The molecule has 0 nitrogen and oxygen atoms in total. The van der Waals surface area contributed by atoms with Gasteiger partial charge >= 0.3 is 0 Å². The average molecular weight is 203 g/mol. The summed E-state index contributed by atoms with van der Waals surface area (Å²) in [6.45, 7) is 9.22. The number of hydrogen-bond acceptors (Lipinski definition) is 0. The zero-order valence-corrected chi connectivity index (χ0v) is 10.1. The van der Waals surface area contributed by atoms with E-state index in [2.05, 4.69) is 27.7 Å². The van der Waals surface area contributed by atoms with Crippen molar-refractivity contribution in [3.05, 3.63) is 0 Å². The topological polar surface area (TPSA) is 0 Å². The monoisotopic (exact) mass is 202 g/mol. The van der Waals surface area contributed by atoms with Gasteiger partial charge in [-0.1, -0.05) is 34.1 Å². The molecule has 0 saturated heterocycles. The van der Waals surface area contributed by atoms with Crippen molar-refractivity contribution >= 4 is 11.6 Å². The van der Waals surface area contributed by atoms with Crippen LogP contribution in [-0.4, -0.2) is 5.38 Å².